The van der Waals surface area contributed by atoms with Gasteiger partial charge in [0, 0.05) is 5.69 Å². The molecule has 1 aliphatic carbocycles. The van der Waals surface area contributed by atoms with Gasteiger partial charge < -0.3 is 14.8 Å². The van der Waals surface area contributed by atoms with Crippen molar-refractivity contribution in [3.63, 3.8) is 0 Å². The molecule has 138 valence electrons. The lowest BCUT2D eigenvalue weighted by Gasteiger charge is -2.22. The highest BCUT2D eigenvalue weighted by Crippen LogP contribution is 2.33. The van der Waals surface area contributed by atoms with Crippen LogP contribution in [0.5, 0.6) is 11.5 Å². The molecule has 3 rings (SSSR count). The topological polar surface area (TPSA) is 47.6 Å². The molecule has 1 fully saturated rings. The molecule has 1 amide bonds. The van der Waals surface area contributed by atoms with Gasteiger partial charge in [-0.1, -0.05) is 43.0 Å². The summed E-state index contributed by atoms with van der Waals surface area (Å²) in [6.45, 7) is -0.0492. The number of ether oxygens (including phenoxy) is 2. The minimum Gasteiger partial charge on any atom is -0.495 e. The summed E-state index contributed by atoms with van der Waals surface area (Å²) in [5.41, 5.74) is 1.98. The Labute approximate surface area is 159 Å². The third-order valence-electron chi connectivity index (χ3n) is 4.76. The molecular formula is C21H24ClNO3. The van der Waals surface area contributed by atoms with Crippen LogP contribution in [-0.4, -0.2) is 19.6 Å². The summed E-state index contributed by atoms with van der Waals surface area (Å²) < 4.78 is 10.7. The first-order valence-electron chi connectivity index (χ1n) is 9.02. The molecule has 0 heterocycles. The number of nitrogens with one attached hydrogen (secondary N) is 1. The van der Waals surface area contributed by atoms with Gasteiger partial charge in [-0.2, -0.15) is 0 Å². The third-order valence-corrected chi connectivity index (χ3v) is 5.06. The van der Waals surface area contributed by atoms with E-state index in [1.54, 1.807) is 25.3 Å². The van der Waals surface area contributed by atoms with Gasteiger partial charge >= 0.3 is 0 Å². The Balaban J connectivity index is 1.50. The lowest BCUT2D eigenvalue weighted by atomic mass is 9.84. The first-order chi connectivity index (χ1) is 12.7. The van der Waals surface area contributed by atoms with E-state index < -0.39 is 0 Å². The molecule has 0 radical (unpaired) electrons. The van der Waals surface area contributed by atoms with Crippen molar-refractivity contribution in [1.29, 1.82) is 0 Å². The highest BCUT2D eigenvalue weighted by Gasteiger charge is 2.15. The summed E-state index contributed by atoms with van der Waals surface area (Å²) in [5.74, 6) is 1.70. The standard InChI is InChI=1S/C21H24ClNO3/c1-25-20-12-9-17(13-19(20)22)23-21(24)14-26-18-10-7-16(8-11-18)15-5-3-2-4-6-15/h7-13,15H,2-6,14H2,1H3,(H,23,24). The number of hydrogen-bond acceptors (Lipinski definition) is 3. The highest BCUT2D eigenvalue weighted by atomic mass is 35.5. The molecule has 0 atom stereocenters. The van der Waals surface area contributed by atoms with Gasteiger partial charge in [0.05, 0.1) is 12.1 Å². The number of anilines is 1. The van der Waals surface area contributed by atoms with Gasteiger partial charge in [-0.25, -0.2) is 0 Å². The Morgan fingerprint density at radius 1 is 1.12 bits per heavy atom. The van der Waals surface area contributed by atoms with Crippen LogP contribution in [0.15, 0.2) is 42.5 Å². The van der Waals surface area contributed by atoms with Crippen molar-refractivity contribution in [3.8, 4) is 11.5 Å². The summed E-state index contributed by atoms with van der Waals surface area (Å²) in [5, 5.41) is 3.21. The van der Waals surface area contributed by atoms with Gasteiger partial charge in [-0.3, -0.25) is 4.79 Å². The molecule has 0 unspecified atom stereocenters. The Bertz CT molecular complexity index is 739. The van der Waals surface area contributed by atoms with Gasteiger partial charge in [0.15, 0.2) is 6.61 Å². The molecule has 5 heteroatoms. The van der Waals surface area contributed by atoms with Crippen LogP contribution in [0.4, 0.5) is 5.69 Å². The Morgan fingerprint density at radius 2 is 1.85 bits per heavy atom. The van der Waals surface area contributed by atoms with E-state index in [2.05, 4.69) is 17.4 Å². The molecule has 26 heavy (non-hydrogen) atoms. The maximum absolute atomic E-state index is 12.1. The third kappa shape index (κ3) is 4.92. The second-order valence-electron chi connectivity index (χ2n) is 6.59. The number of benzene rings is 2. The Hall–Kier alpha value is -2.20. The zero-order valence-electron chi connectivity index (χ0n) is 15.0. The predicted molar refractivity (Wildman–Crippen MR) is 104 cm³/mol. The first-order valence-corrected chi connectivity index (χ1v) is 9.39. The van der Waals surface area contributed by atoms with Crippen LogP contribution in [0.25, 0.3) is 0 Å². The van der Waals surface area contributed by atoms with Crippen LogP contribution in [0.2, 0.25) is 5.02 Å². The van der Waals surface area contributed by atoms with Crippen LogP contribution in [0.1, 0.15) is 43.6 Å². The zero-order valence-corrected chi connectivity index (χ0v) is 15.7. The minimum absolute atomic E-state index is 0.0492. The lowest BCUT2D eigenvalue weighted by molar-refractivity contribution is -0.118. The van der Waals surface area contributed by atoms with E-state index >= 15 is 0 Å². The van der Waals surface area contributed by atoms with E-state index in [0.717, 1.165) is 0 Å². The normalized spacial score (nSPS) is 14.7. The number of rotatable bonds is 6. The number of carbonyl (C=O) groups is 1. The predicted octanol–water partition coefficient (Wildman–Crippen LogP) is 5.41. The van der Waals surface area contributed by atoms with Gasteiger partial charge in [0.2, 0.25) is 0 Å². The second kappa shape index (κ2) is 8.95. The van der Waals surface area contributed by atoms with E-state index in [4.69, 9.17) is 21.1 Å². The molecule has 0 saturated heterocycles. The maximum atomic E-state index is 12.1. The number of hydrogen-bond donors (Lipinski definition) is 1. The summed E-state index contributed by atoms with van der Waals surface area (Å²) in [6, 6.07) is 13.2. The summed E-state index contributed by atoms with van der Waals surface area (Å²) in [7, 11) is 1.55. The van der Waals surface area contributed by atoms with Gasteiger partial charge in [-0.05, 0) is 54.7 Å². The summed E-state index contributed by atoms with van der Waals surface area (Å²) in [4.78, 5) is 12.1. The summed E-state index contributed by atoms with van der Waals surface area (Å²) in [6.07, 6.45) is 6.53. The molecule has 0 spiro atoms. The van der Waals surface area contributed by atoms with Crippen molar-refractivity contribution in [3.05, 3.63) is 53.1 Å². The van der Waals surface area contributed by atoms with Crippen molar-refractivity contribution in [2.75, 3.05) is 19.0 Å². The molecular weight excluding hydrogens is 350 g/mol. The van der Waals surface area contributed by atoms with Crippen molar-refractivity contribution in [2.45, 2.75) is 38.0 Å². The quantitative estimate of drug-likeness (QED) is 0.736. The molecule has 1 N–H and O–H groups in total. The van der Waals surface area contributed by atoms with Gasteiger partial charge in [-0.15, -0.1) is 0 Å². The summed E-state index contributed by atoms with van der Waals surface area (Å²) >= 11 is 6.06. The number of carbonyl (C=O) groups excluding carboxylic acids is 1. The van der Waals surface area contributed by atoms with Crippen molar-refractivity contribution in [1.82, 2.24) is 0 Å². The van der Waals surface area contributed by atoms with E-state index in [1.165, 1.54) is 37.7 Å². The maximum Gasteiger partial charge on any atom is 0.262 e. The van der Waals surface area contributed by atoms with Gasteiger partial charge in [0.25, 0.3) is 5.91 Å². The molecule has 0 bridgehead atoms. The average Bonchev–Trinajstić information content (AvgIpc) is 2.68. The Kier molecular flexibility index (Phi) is 6.40. The van der Waals surface area contributed by atoms with Crippen LogP contribution < -0.4 is 14.8 Å². The fourth-order valence-electron chi connectivity index (χ4n) is 3.36. The zero-order chi connectivity index (χ0) is 18.4. The van der Waals surface area contributed by atoms with E-state index in [-0.39, 0.29) is 12.5 Å². The smallest absolute Gasteiger partial charge is 0.262 e. The molecule has 1 aliphatic rings. The van der Waals surface area contributed by atoms with Crippen LogP contribution in [-0.2, 0) is 4.79 Å². The molecule has 2 aromatic rings. The van der Waals surface area contributed by atoms with Crippen LogP contribution in [0.3, 0.4) is 0 Å². The molecule has 1 saturated carbocycles. The minimum atomic E-state index is -0.234. The number of methoxy groups -OCH3 is 1. The number of amides is 1. The van der Waals surface area contributed by atoms with Gasteiger partial charge in [0.1, 0.15) is 11.5 Å². The second-order valence-corrected chi connectivity index (χ2v) is 7.00. The van der Waals surface area contributed by atoms with Crippen LogP contribution >= 0.6 is 11.6 Å². The van der Waals surface area contributed by atoms with E-state index in [9.17, 15) is 4.79 Å². The van der Waals surface area contributed by atoms with Crippen molar-refractivity contribution in [2.24, 2.45) is 0 Å². The molecule has 0 aromatic heterocycles. The first kappa shape index (κ1) is 18.6. The molecule has 2 aromatic carbocycles. The average molecular weight is 374 g/mol. The molecule has 0 aliphatic heterocycles. The highest BCUT2D eigenvalue weighted by molar-refractivity contribution is 6.32. The molecule has 4 nitrogen and oxygen atoms in total. The van der Waals surface area contributed by atoms with Crippen molar-refractivity contribution < 1.29 is 14.3 Å². The van der Waals surface area contributed by atoms with E-state index in [0.29, 0.717) is 28.1 Å². The fourth-order valence-corrected chi connectivity index (χ4v) is 3.62. The fraction of sp³-hybridized carbons (Fsp3) is 0.381. The number of halogens is 1. The van der Waals surface area contributed by atoms with Crippen LogP contribution in [0, 0.1) is 0 Å². The van der Waals surface area contributed by atoms with E-state index in [1.807, 2.05) is 12.1 Å². The largest absolute Gasteiger partial charge is 0.495 e. The lowest BCUT2D eigenvalue weighted by Crippen LogP contribution is -2.20. The monoisotopic (exact) mass is 373 g/mol. The van der Waals surface area contributed by atoms with Crippen molar-refractivity contribution >= 4 is 23.2 Å². The SMILES string of the molecule is COc1ccc(NC(=O)COc2ccc(C3CCCCC3)cc2)cc1Cl. The Morgan fingerprint density at radius 3 is 2.50 bits per heavy atom.